The zero-order valence-electron chi connectivity index (χ0n) is 10.5. The molecule has 0 bridgehead atoms. The number of carbonyl (C=O) groups excluding carboxylic acids is 2. The van der Waals surface area contributed by atoms with Crippen LogP contribution in [0.1, 0.15) is 29.5 Å². The average Bonchev–Trinajstić information content (AvgIpc) is 2.72. The second kappa shape index (κ2) is 6.47. The normalized spacial score (nSPS) is 10.0. The number of hydrogen-bond donors (Lipinski definition) is 2. The molecule has 0 saturated carbocycles. The van der Waals surface area contributed by atoms with E-state index in [0.717, 1.165) is 11.8 Å². The lowest BCUT2D eigenvalue weighted by molar-refractivity contribution is -0.121. The molecular formula is C10H14N4O5. The Labute approximate surface area is 108 Å². The van der Waals surface area contributed by atoms with Crippen molar-refractivity contribution in [1.82, 2.24) is 20.3 Å². The van der Waals surface area contributed by atoms with Gasteiger partial charge in [0.15, 0.2) is 5.69 Å². The topological polar surface area (TPSA) is 123 Å². The number of methoxy groups -OCH3 is 1. The van der Waals surface area contributed by atoms with Gasteiger partial charge in [0, 0.05) is 0 Å². The Morgan fingerprint density at radius 1 is 1.42 bits per heavy atom. The number of carboxylic acid groups (broad SMARTS) is 1. The van der Waals surface area contributed by atoms with E-state index >= 15 is 0 Å². The molecule has 0 saturated heterocycles. The molecule has 0 fully saturated rings. The minimum Gasteiger partial charge on any atom is -0.476 e. The van der Waals surface area contributed by atoms with Gasteiger partial charge in [-0.15, -0.1) is 5.10 Å². The number of rotatable bonds is 5. The lowest BCUT2D eigenvalue weighted by Gasteiger charge is -2.06. The molecule has 2 amide bonds. The quantitative estimate of drug-likeness (QED) is 0.760. The van der Waals surface area contributed by atoms with Crippen LogP contribution in [-0.2, 0) is 22.5 Å². The second-order valence-electron chi connectivity index (χ2n) is 3.64. The lowest BCUT2D eigenvalue weighted by atomic mass is 10.2. The number of aromatic carboxylic acids is 1. The molecule has 1 rings (SSSR count). The third-order valence-corrected chi connectivity index (χ3v) is 2.25. The van der Waals surface area contributed by atoms with E-state index in [0.29, 0.717) is 18.5 Å². The van der Waals surface area contributed by atoms with Gasteiger partial charge in [-0.1, -0.05) is 18.6 Å². The minimum absolute atomic E-state index is 0.187. The van der Waals surface area contributed by atoms with Crippen LogP contribution in [0.5, 0.6) is 0 Å². The largest absolute Gasteiger partial charge is 0.476 e. The molecular weight excluding hydrogens is 256 g/mol. The monoisotopic (exact) mass is 270 g/mol. The Morgan fingerprint density at radius 3 is 2.63 bits per heavy atom. The first-order valence-corrected chi connectivity index (χ1v) is 5.53. The number of nitrogens with one attached hydrogen (secondary N) is 1. The summed E-state index contributed by atoms with van der Waals surface area (Å²) in [6.45, 7) is 1.56. The molecule has 1 aromatic rings. The SMILES string of the molecule is CCCc1c(C(=O)O)nnn1CC(=O)NC(=O)OC. The number of nitrogens with zero attached hydrogens (tertiary/aromatic N) is 3. The first-order chi connectivity index (χ1) is 8.99. The fourth-order valence-corrected chi connectivity index (χ4v) is 1.45. The highest BCUT2D eigenvalue weighted by Crippen LogP contribution is 2.08. The number of carbonyl (C=O) groups is 3. The summed E-state index contributed by atoms with van der Waals surface area (Å²) in [6.07, 6.45) is 0.201. The molecule has 9 nitrogen and oxygen atoms in total. The number of amides is 2. The molecule has 0 aromatic carbocycles. The molecule has 0 aliphatic carbocycles. The molecule has 9 heteroatoms. The molecule has 0 aliphatic heterocycles. The molecule has 1 aromatic heterocycles. The summed E-state index contributed by atoms with van der Waals surface area (Å²) in [5.74, 6) is -1.87. The van der Waals surface area contributed by atoms with Crippen molar-refractivity contribution in [3.63, 3.8) is 0 Å². The number of hydrogen-bond acceptors (Lipinski definition) is 6. The Balaban J connectivity index is 2.86. The number of imide groups is 1. The second-order valence-corrected chi connectivity index (χ2v) is 3.64. The first kappa shape index (κ1) is 14.6. The molecule has 1 heterocycles. The predicted molar refractivity (Wildman–Crippen MR) is 61.5 cm³/mol. The summed E-state index contributed by atoms with van der Waals surface area (Å²) in [5.41, 5.74) is 0.155. The van der Waals surface area contributed by atoms with Crippen LogP contribution in [0.4, 0.5) is 4.79 Å². The van der Waals surface area contributed by atoms with Crippen LogP contribution >= 0.6 is 0 Å². The van der Waals surface area contributed by atoms with Crippen LogP contribution in [0.2, 0.25) is 0 Å². The van der Waals surface area contributed by atoms with E-state index in [-0.39, 0.29) is 12.2 Å². The van der Waals surface area contributed by atoms with Gasteiger partial charge in [-0.2, -0.15) is 0 Å². The highest BCUT2D eigenvalue weighted by atomic mass is 16.5. The molecule has 19 heavy (non-hydrogen) atoms. The van der Waals surface area contributed by atoms with Gasteiger partial charge in [-0.3, -0.25) is 10.1 Å². The first-order valence-electron chi connectivity index (χ1n) is 5.53. The van der Waals surface area contributed by atoms with Crippen molar-refractivity contribution in [2.75, 3.05) is 7.11 Å². The standard InChI is InChI=1S/C10H14N4O5/c1-3-4-6-8(9(16)17)12-13-14(6)5-7(15)11-10(18)19-2/h3-5H2,1-2H3,(H,16,17)(H,11,15,18). The van der Waals surface area contributed by atoms with Gasteiger partial charge in [0.2, 0.25) is 0 Å². The smallest absolute Gasteiger partial charge is 0.413 e. The van der Waals surface area contributed by atoms with Crippen molar-refractivity contribution >= 4 is 18.0 Å². The summed E-state index contributed by atoms with van der Waals surface area (Å²) in [6, 6.07) is 0. The summed E-state index contributed by atoms with van der Waals surface area (Å²) in [7, 11) is 1.13. The van der Waals surface area contributed by atoms with Crippen LogP contribution in [0, 0.1) is 0 Å². The van der Waals surface area contributed by atoms with Gasteiger partial charge >= 0.3 is 12.1 Å². The molecule has 0 radical (unpaired) electrons. The van der Waals surface area contributed by atoms with Crippen molar-refractivity contribution < 1.29 is 24.2 Å². The number of aromatic nitrogens is 3. The van der Waals surface area contributed by atoms with E-state index in [1.54, 1.807) is 0 Å². The molecule has 0 unspecified atom stereocenters. The third-order valence-electron chi connectivity index (χ3n) is 2.25. The van der Waals surface area contributed by atoms with E-state index in [2.05, 4.69) is 15.0 Å². The maximum absolute atomic E-state index is 11.5. The number of ether oxygens (including phenoxy) is 1. The Bertz CT molecular complexity index is 496. The molecule has 2 N–H and O–H groups in total. The van der Waals surface area contributed by atoms with Gasteiger partial charge < -0.3 is 9.84 Å². The van der Waals surface area contributed by atoms with Crippen LogP contribution in [0.3, 0.4) is 0 Å². The van der Waals surface area contributed by atoms with Crippen molar-refractivity contribution in [3.8, 4) is 0 Å². The molecule has 0 spiro atoms. The third kappa shape index (κ3) is 3.76. The van der Waals surface area contributed by atoms with E-state index in [1.165, 1.54) is 0 Å². The Hall–Kier alpha value is -2.45. The van der Waals surface area contributed by atoms with Crippen LogP contribution in [0.15, 0.2) is 0 Å². The molecule has 0 atom stereocenters. The van der Waals surface area contributed by atoms with E-state index < -0.39 is 18.0 Å². The summed E-state index contributed by atoms with van der Waals surface area (Å²) < 4.78 is 5.43. The molecule has 0 aliphatic rings. The summed E-state index contributed by atoms with van der Waals surface area (Å²) in [4.78, 5) is 33.2. The maximum atomic E-state index is 11.5. The van der Waals surface area contributed by atoms with Crippen molar-refractivity contribution in [1.29, 1.82) is 0 Å². The Morgan fingerprint density at radius 2 is 2.11 bits per heavy atom. The predicted octanol–water partition coefficient (Wildman–Crippen LogP) is -0.189. The highest BCUT2D eigenvalue weighted by Gasteiger charge is 2.20. The van der Waals surface area contributed by atoms with Crippen LogP contribution < -0.4 is 5.32 Å². The minimum atomic E-state index is -1.21. The van der Waals surface area contributed by atoms with Gasteiger partial charge in [-0.25, -0.2) is 14.3 Å². The van der Waals surface area contributed by atoms with Crippen LogP contribution in [0.25, 0.3) is 0 Å². The summed E-state index contributed by atoms with van der Waals surface area (Å²) >= 11 is 0. The van der Waals surface area contributed by atoms with E-state index in [9.17, 15) is 14.4 Å². The van der Waals surface area contributed by atoms with Crippen molar-refractivity contribution in [3.05, 3.63) is 11.4 Å². The zero-order valence-corrected chi connectivity index (χ0v) is 10.5. The lowest BCUT2D eigenvalue weighted by Crippen LogP contribution is -2.33. The highest BCUT2D eigenvalue weighted by molar-refractivity contribution is 5.91. The van der Waals surface area contributed by atoms with Crippen LogP contribution in [-0.4, -0.2) is 45.2 Å². The van der Waals surface area contributed by atoms with E-state index in [4.69, 9.17) is 5.11 Å². The number of carboxylic acids is 1. The number of alkyl carbamates (subject to hydrolysis) is 1. The Kier molecular flexibility index (Phi) is 4.98. The van der Waals surface area contributed by atoms with E-state index in [1.807, 2.05) is 12.2 Å². The molecule has 104 valence electrons. The van der Waals surface area contributed by atoms with Crippen molar-refractivity contribution in [2.45, 2.75) is 26.3 Å². The van der Waals surface area contributed by atoms with Gasteiger partial charge in [-0.05, 0) is 6.42 Å². The fourth-order valence-electron chi connectivity index (χ4n) is 1.45. The van der Waals surface area contributed by atoms with Gasteiger partial charge in [0.05, 0.1) is 12.8 Å². The average molecular weight is 270 g/mol. The zero-order chi connectivity index (χ0) is 14.4. The fraction of sp³-hybridized carbons (Fsp3) is 0.500. The van der Waals surface area contributed by atoms with Crippen molar-refractivity contribution in [2.24, 2.45) is 0 Å². The van der Waals surface area contributed by atoms with Gasteiger partial charge in [0.25, 0.3) is 5.91 Å². The summed E-state index contributed by atoms with van der Waals surface area (Å²) in [5, 5.41) is 18.0. The maximum Gasteiger partial charge on any atom is 0.413 e. The van der Waals surface area contributed by atoms with Gasteiger partial charge in [0.1, 0.15) is 6.54 Å².